The predicted octanol–water partition coefficient (Wildman–Crippen LogP) is 2.86. The van der Waals surface area contributed by atoms with E-state index in [1.165, 1.54) is 0 Å². The molecule has 0 unspecified atom stereocenters. The molecule has 1 fully saturated rings. The van der Waals surface area contributed by atoms with Gasteiger partial charge < -0.3 is 19.0 Å². The van der Waals surface area contributed by atoms with Gasteiger partial charge in [0.1, 0.15) is 5.82 Å². The zero-order chi connectivity index (χ0) is 23.1. The van der Waals surface area contributed by atoms with Crippen LogP contribution in [0, 0.1) is 0 Å². The van der Waals surface area contributed by atoms with E-state index < -0.39 is 44.1 Å². The molecule has 1 saturated heterocycles. The van der Waals surface area contributed by atoms with Gasteiger partial charge in [0.25, 0.3) is 0 Å². The van der Waals surface area contributed by atoms with Crippen molar-refractivity contribution in [2.45, 2.75) is 76.8 Å². The van der Waals surface area contributed by atoms with Crippen LogP contribution in [0.5, 0.6) is 0 Å². The van der Waals surface area contributed by atoms with Crippen LogP contribution in [-0.4, -0.2) is 54.0 Å². The Hall–Kier alpha value is -1.89. The van der Waals surface area contributed by atoms with Gasteiger partial charge in [-0.2, -0.15) is 13.8 Å². The number of aliphatic hydroxyl groups is 1. The molecule has 0 aliphatic carbocycles. The van der Waals surface area contributed by atoms with E-state index in [4.69, 9.17) is 9.16 Å². The highest BCUT2D eigenvalue weighted by atomic mass is 28.4. The van der Waals surface area contributed by atoms with Crippen LogP contribution in [0.2, 0.25) is 18.1 Å². The molecule has 2 heterocycles. The Morgan fingerprint density at radius 1 is 1.43 bits per heavy atom. The first-order valence-corrected chi connectivity index (χ1v) is 12.4. The van der Waals surface area contributed by atoms with Crippen LogP contribution in [0.4, 0.5) is 19.4 Å². The van der Waals surface area contributed by atoms with Crippen LogP contribution in [0.15, 0.2) is 17.1 Å². The first-order chi connectivity index (χ1) is 13.6. The summed E-state index contributed by atoms with van der Waals surface area (Å²) in [5, 5.41) is 12.2. The maximum Gasteiger partial charge on any atom is 0.412 e. The molecule has 1 amide bonds. The van der Waals surface area contributed by atoms with E-state index >= 15 is 8.78 Å². The fourth-order valence-electron chi connectivity index (χ4n) is 2.66. The summed E-state index contributed by atoms with van der Waals surface area (Å²) in [5.41, 5.74) is -3.65. The topological polar surface area (TPSA) is 112 Å². The number of hydrogen-bond acceptors (Lipinski definition) is 7. The second-order valence-electron chi connectivity index (χ2n) is 8.73. The van der Waals surface area contributed by atoms with Gasteiger partial charge in [0.15, 0.2) is 20.7 Å². The van der Waals surface area contributed by atoms with Crippen LogP contribution < -0.4 is 11.0 Å². The number of aliphatic hydroxyl groups excluding tert-OH is 1. The zero-order valence-corrected chi connectivity index (χ0v) is 19.2. The van der Waals surface area contributed by atoms with E-state index in [0.717, 1.165) is 19.2 Å². The molecule has 170 valence electrons. The predicted molar refractivity (Wildman–Crippen MR) is 107 cm³/mol. The minimum Gasteiger partial charge on any atom is -0.450 e. The number of hydrogen-bond donors (Lipinski definition) is 2. The van der Waals surface area contributed by atoms with Crippen molar-refractivity contribution >= 4 is 20.2 Å². The lowest BCUT2D eigenvalue weighted by atomic mass is 10.1. The maximum atomic E-state index is 15.1. The molecule has 2 rings (SSSR count). The summed E-state index contributed by atoms with van der Waals surface area (Å²) in [6.07, 6.45) is -3.75. The number of ether oxygens (including phenoxy) is 2. The Labute approximate surface area is 174 Å². The molecule has 0 radical (unpaired) electrons. The first kappa shape index (κ1) is 24.4. The molecule has 12 heteroatoms. The number of alkyl halides is 2. The van der Waals surface area contributed by atoms with Gasteiger partial charge in [-0.1, -0.05) is 20.8 Å². The summed E-state index contributed by atoms with van der Waals surface area (Å²) < 4.78 is 46.7. The van der Waals surface area contributed by atoms with Gasteiger partial charge in [0.05, 0.1) is 6.61 Å². The molecule has 1 aliphatic rings. The molecule has 9 nitrogen and oxygen atoms in total. The molecular formula is C18H29F2N3O6Si. The highest BCUT2D eigenvalue weighted by Gasteiger charge is 2.69. The lowest BCUT2D eigenvalue weighted by Gasteiger charge is -2.38. The second-order valence-corrected chi connectivity index (χ2v) is 13.5. The van der Waals surface area contributed by atoms with Crippen molar-refractivity contribution in [3.63, 3.8) is 0 Å². The van der Waals surface area contributed by atoms with Crippen molar-refractivity contribution in [1.82, 2.24) is 9.55 Å². The number of rotatable bonds is 5. The summed E-state index contributed by atoms with van der Waals surface area (Å²) in [6.45, 7) is 12.1. The molecule has 3 atom stereocenters. The summed E-state index contributed by atoms with van der Waals surface area (Å²) in [4.78, 5) is 27.5. The standard InChI is InChI=1S/C18H29F2N3O6Si/c1-8-27-15(26)22-11-9-10-23(14(25)21-11)17(5)18(19,20)12(24)13(28-17)29-30(6,7)16(2,3)4/h9-10,12-13,24H,8H2,1-7H3,(H,21,22,25,26)/t12-,13-,17-/m1/s1. The summed E-state index contributed by atoms with van der Waals surface area (Å²) in [6, 6.07) is 1.15. The Bertz CT molecular complexity index is 857. The van der Waals surface area contributed by atoms with Crippen LogP contribution in [0.1, 0.15) is 34.6 Å². The number of carbonyl (C=O) groups excluding carboxylic acids is 1. The number of amides is 1. The quantitative estimate of drug-likeness (QED) is 0.665. The highest BCUT2D eigenvalue weighted by Crippen LogP contribution is 2.49. The van der Waals surface area contributed by atoms with Crippen molar-refractivity contribution in [2.75, 3.05) is 11.9 Å². The lowest BCUT2D eigenvalue weighted by molar-refractivity contribution is -0.221. The lowest BCUT2D eigenvalue weighted by Crippen LogP contribution is -2.53. The van der Waals surface area contributed by atoms with Gasteiger partial charge in [-0.3, -0.25) is 9.88 Å². The van der Waals surface area contributed by atoms with E-state index in [1.807, 2.05) is 33.9 Å². The average Bonchev–Trinajstić information content (AvgIpc) is 2.74. The van der Waals surface area contributed by atoms with Gasteiger partial charge >= 0.3 is 17.7 Å². The van der Waals surface area contributed by atoms with Gasteiger partial charge in [0.2, 0.25) is 5.72 Å². The van der Waals surface area contributed by atoms with E-state index in [0.29, 0.717) is 4.57 Å². The third-order valence-electron chi connectivity index (χ3n) is 5.58. The third-order valence-corrected chi connectivity index (χ3v) is 10.0. The summed E-state index contributed by atoms with van der Waals surface area (Å²) in [7, 11) is -2.57. The Balaban J connectivity index is 2.36. The molecular weight excluding hydrogens is 420 g/mol. The van der Waals surface area contributed by atoms with Gasteiger partial charge in [-0.15, -0.1) is 0 Å². The molecule has 2 N–H and O–H groups in total. The molecule has 0 spiro atoms. The molecule has 0 saturated carbocycles. The van der Waals surface area contributed by atoms with E-state index in [2.05, 4.69) is 15.0 Å². The van der Waals surface area contributed by atoms with Crippen LogP contribution in [0.25, 0.3) is 0 Å². The number of carbonyl (C=O) groups is 1. The number of nitrogens with zero attached hydrogens (tertiary/aromatic N) is 2. The first-order valence-electron chi connectivity index (χ1n) is 9.52. The fourth-order valence-corrected chi connectivity index (χ4v) is 3.77. The van der Waals surface area contributed by atoms with Gasteiger partial charge in [-0.05, 0) is 38.0 Å². The molecule has 1 aromatic heterocycles. The second kappa shape index (κ2) is 7.98. The van der Waals surface area contributed by atoms with Crippen LogP contribution >= 0.6 is 0 Å². The van der Waals surface area contributed by atoms with Crippen molar-refractivity contribution in [3.05, 3.63) is 22.7 Å². The number of nitrogens with one attached hydrogen (secondary N) is 1. The van der Waals surface area contributed by atoms with E-state index in [9.17, 15) is 14.7 Å². The van der Waals surface area contributed by atoms with E-state index in [1.54, 1.807) is 6.92 Å². The van der Waals surface area contributed by atoms with Gasteiger partial charge in [0, 0.05) is 6.20 Å². The Kier molecular flexibility index (Phi) is 6.49. The molecule has 0 bridgehead atoms. The molecule has 30 heavy (non-hydrogen) atoms. The fraction of sp³-hybridized carbons (Fsp3) is 0.722. The summed E-state index contributed by atoms with van der Waals surface area (Å²) in [5.74, 6) is -4.03. The monoisotopic (exact) mass is 449 g/mol. The van der Waals surface area contributed by atoms with Crippen molar-refractivity contribution < 1.29 is 32.6 Å². The smallest absolute Gasteiger partial charge is 0.412 e. The van der Waals surface area contributed by atoms with E-state index in [-0.39, 0.29) is 17.5 Å². The minimum atomic E-state index is -3.86. The van der Waals surface area contributed by atoms with Crippen LogP contribution in [0.3, 0.4) is 0 Å². The van der Waals surface area contributed by atoms with Crippen molar-refractivity contribution in [3.8, 4) is 0 Å². The van der Waals surface area contributed by atoms with Gasteiger partial charge in [-0.25, -0.2) is 9.59 Å². The number of halogens is 2. The Morgan fingerprint density at radius 2 is 2.03 bits per heavy atom. The molecule has 0 aromatic carbocycles. The molecule has 1 aromatic rings. The Morgan fingerprint density at radius 3 is 2.53 bits per heavy atom. The highest BCUT2D eigenvalue weighted by molar-refractivity contribution is 6.74. The number of aromatic nitrogens is 2. The molecule has 1 aliphatic heterocycles. The number of anilines is 1. The van der Waals surface area contributed by atoms with Crippen LogP contribution in [-0.2, 0) is 19.6 Å². The summed E-state index contributed by atoms with van der Waals surface area (Å²) >= 11 is 0. The van der Waals surface area contributed by atoms with Crippen molar-refractivity contribution in [2.24, 2.45) is 0 Å². The normalized spacial score (nSPS) is 26.5. The largest absolute Gasteiger partial charge is 0.450 e. The minimum absolute atomic E-state index is 0.106. The third kappa shape index (κ3) is 4.27. The SMILES string of the molecule is CCOC(=O)Nc1ccn([C@]2(C)O[C@H](O[Si](C)(C)C(C)(C)C)[C@@H](O)C2(F)F)c(=O)n1. The maximum absolute atomic E-state index is 15.1. The zero-order valence-electron chi connectivity index (χ0n) is 18.2. The van der Waals surface area contributed by atoms with Crippen molar-refractivity contribution in [1.29, 1.82) is 0 Å². The average molecular weight is 450 g/mol.